The van der Waals surface area contributed by atoms with Crippen molar-refractivity contribution >= 4 is 11.7 Å². The Morgan fingerprint density at radius 2 is 1.84 bits per heavy atom. The summed E-state index contributed by atoms with van der Waals surface area (Å²) in [7, 11) is 3.21. The molecular weight excluding hydrogens is 413 g/mol. The molecule has 1 heterocycles. The molecule has 0 bridgehead atoms. The number of halogens is 1. The summed E-state index contributed by atoms with van der Waals surface area (Å²) in [6, 6.07) is 10.3. The minimum atomic E-state index is -0.313. The summed E-state index contributed by atoms with van der Waals surface area (Å²) in [4.78, 5) is 14.2. The average Bonchev–Trinajstić information content (AvgIpc) is 2.77. The Bertz CT molecular complexity index is 914. The van der Waals surface area contributed by atoms with Crippen LogP contribution in [0.3, 0.4) is 0 Å². The molecule has 2 atom stereocenters. The van der Waals surface area contributed by atoms with E-state index in [0.29, 0.717) is 37.3 Å². The Labute approximate surface area is 188 Å². The third kappa shape index (κ3) is 6.26. The number of hydrogen-bond donors (Lipinski definition) is 2. The van der Waals surface area contributed by atoms with Gasteiger partial charge in [-0.25, -0.2) is 9.18 Å². The molecule has 2 amide bonds. The third-order valence-electron chi connectivity index (χ3n) is 5.39. The van der Waals surface area contributed by atoms with Crippen molar-refractivity contribution in [2.24, 2.45) is 0 Å². The van der Waals surface area contributed by atoms with Crippen LogP contribution in [0.5, 0.6) is 11.5 Å². The number of methoxy groups -OCH3 is 2. The molecule has 2 aromatic rings. The minimum absolute atomic E-state index is 0.0557. The number of carbonyl (C=O) groups excluding carboxylic acids is 1. The number of rotatable bonds is 8. The number of benzene rings is 2. The molecule has 0 spiro atoms. The van der Waals surface area contributed by atoms with Crippen LogP contribution in [-0.4, -0.2) is 52.1 Å². The lowest BCUT2D eigenvalue weighted by Crippen LogP contribution is -2.45. The fourth-order valence-electron chi connectivity index (χ4n) is 3.92. The van der Waals surface area contributed by atoms with Crippen LogP contribution in [0.25, 0.3) is 0 Å². The van der Waals surface area contributed by atoms with E-state index in [4.69, 9.17) is 14.2 Å². The summed E-state index contributed by atoms with van der Waals surface area (Å²) in [5, 5.41) is 5.59. The number of ether oxygens (including phenoxy) is 3. The van der Waals surface area contributed by atoms with Gasteiger partial charge >= 0.3 is 6.03 Å². The van der Waals surface area contributed by atoms with Crippen LogP contribution in [0.4, 0.5) is 14.9 Å². The summed E-state index contributed by atoms with van der Waals surface area (Å²) < 4.78 is 31.0. The molecule has 3 rings (SSSR count). The maximum atomic E-state index is 14.7. The largest absolute Gasteiger partial charge is 0.497 e. The van der Waals surface area contributed by atoms with Crippen molar-refractivity contribution in [3.05, 3.63) is 53.3 Å². The molecular formula is C24H32FN3O4. The van der Waals surface area contributed by atoms with Gasteiger partial charge in [-0.3, -0.25) is 0 Å². The molecule has 8 heteroatoms. The van der Waals surface area contributed by atoms with Gasteiger partial charge in [-0.1, -0.05) is 6.07 Å². The van der Waals surface area contributed by atoms with Gasteiger partial charge in [0.25, 0.3) is 0 Å². The molecule has 2 N–H and O–H groups in total. The fraction of sp³-hybridized carbons (Fsp3) is 0.458. The second-order valence-electron chi connectivity index (χ2n) is 7.99. The van der Waals surface area contributed by atoms with Gasteiger partial charge in [0, 0.05) is 26.2 Å². The SMILES string of the molecule is COc1ccc(OC)c(CCNC(=O)NCc2ccc(N3CC(C)OC(C)C3)c(F)c2)c1. The summed E-state index contributed by atoms with van der Waals surface area (Å²) in [5.41, 5.74) is 2.20. The Balaban J connectivity index is 1.48. The van der Waals surface area contributed by atoms with Crippen molar-refractivity contribution in [2.45, 2.75) is 39.0 Å². The van der Waals surface area contributed by atoms with Crippen molar-refractivity contribution in [1.29, 1.82) is 0 Å². The van der Waals surface area contributed by atoms with E-state index in [0.717, 1.165) is 17.1 Å². The number of anilines is 1. The Hall–Kier alpha value is -3.00. The topological polar surface area (TPSA) is 72.1 Å². The average molecular weight is 446 g/mol. The monoisotopic (exact) mass is 445 g/mol. The normalized spacial score (nSPS) is 18.2. The number of hydrogen-bond acceptors (Lipinski definition) is 5. The number of carbonyl (C=O) groups is 1. The highest BCUT2D eigenvalue weighted by Crippen LogP contribution is 2.25. The van der Waals surface area contributed by atoms with Gasteiger partial charge in [0.2, 0.25) is 0 Å². The molecule has 2 unspecified atom stereocenters. The van der Waals surface area contributed by atoms with Crippen LogP contribution in [0, 0.1) is 5.82 Å². The predicted molar refractivity (Wildman–Crippen MR) is 122 cm³/mol. The van der Waals surface area contributed by atoms with Gasteiger partial charge in [0.15, 0.2) is 0 Å². The van der Waals surface area contributed by atoms with Gasteiger partial charge in [-0.15, -0.1) is 0 Å². The summed E-state index contributed by atoms with van der Waals surface area (Å²) >= 11 is 0. The van der Waals surface area contributed by atoms with Crippen LogP contribution >= 0.6 is 0 Å². The van der Waals surface area contributed by atoms with Crippen molar-refractivity contribution in [3.8, 4) is 11.5 Å². The smallest absolute Gasteiger partial charge is 0.315 e. The van der Waals surface area contributed by atoms with Crippen LogP contribution in [-0.2, 0) is 17.7 Å². The highest BCUT2D eigenvalue weighted by Gasteiger charge is 2.24. The Morgan fingerprint density at radius 3 is 2.50 bits per heavy atom. The molecule has 1 aliphatic rings. The number of nitrogens with one attached hydrogen (secondary N) is 2. The first-order chi connectivity index (χ1) is 15.4. The zero-order chi connectivity index (χ0) is 23.1. The molecule has 0 aromatic heterocycles. The van der Waals surface area contributed by atoms with Crippen LogP contribution in [0.2, 0.25) is 0 Å². The van der Waals surface area contributed by atoms with Crippen LogP contribution in [0.15, 0.2) is 36.4 Å². The lowest BCUT2D eigenvalue weighted by molar-refractivity contribution is -0.00539. The van der Waals surface area contributed by atoms with E-state index in [-0.39, 0.29) is 30.6 Å². The van der Waals surface area contributed by atoms with Gasteiger partial charge in [-0.2, -0.15) is 0 Å². The second kappa shape index (κ2) is 11.0. The Morgan fingerprint density at radius 1 is 1.09 bits per heavy atom. The van der Waals surface area contributed by atoms with Crippen LogP contribution in [0.1, 0.15) is 25.0 Å². The highest BCUT2D eigenvalue weighted by atomic mass is 19.1. The lowest BCUT2D eigenvalue weighted by atomic mass is 10.1. The summed E-state index contributed by atoms with van der Waals surface area (Å²) in [6.07, 6.45) is 0.702. The first-order valence-electron chi connectivity index (χ1n) is 10.8. The van der Waals surface area contributed by atoms with E-state index in [2.05, 4.69) is 10.6 Å². The first-order valence-corrected chi connectivity index (χ1v) is 10.8. The number of morpholine rings is 1. The third-order valence-corrected chi connectivity index (χ3v) is 5.39. The highest BCUT2D eigenvalue weighted by molar-refractivity contribution is 5.73. The van der Waals surface area contributed by atoms with Crippen LogP contribution < -0.4 is 25.0 Å². The molecule has 0 radical (unpaired) electrons. The molecule has 1 fully saturated rings. The van der Waals surface area contributed by atoms with Gasteiger partial charge in [-0.05, 0) is 61.7 Å². The number of nitrogens with zero attached hydrogens (tertiary/aromatic N) is 1. The zero-order valence-corrected chi connectivity index (χ0v) is 19.1. The second-order valence-corrected chi connectivity index (χ2v) is 7.99. The molecule has 1 saturated heterocycles. The van der Waals surface area contributed by atoms with E-state index in [1.165, 1.54) is 6.07 Å². The lowest BCUT2D eigenvalue weighted by Gasteiger charge is -2.37. The molecule has 2 aromatic carbocycles. The van der Waals surface area contributed by atoms with Crippen molar-refractivity contribution < 1.29 is 23.4 Å². The summed E-state index contributed by atoms with van der Waals surface area (Å²) in [5.74, 6) is 1.18. The quantitative estimate of drug-likeness (QED) is 0.651. The number of amides is 2. The minimum Gasteiger partial charge on any atom is -0.497 e. The standard InChI is InChI=1S/C24H32FN3O4/c1-16-14-28(15-17(2)32-16)22-7-5-18(11-21(22)25)13-27-24(29)26-10-9-19-12-20(30-3)6-8-23(19)31-4/h5-8,11-12,16-17H,9-10,13-15H2,1-4H3,(H2,26,27,29). The first kappa shape index (κ1) is 23.7. The molecule has 1 aliphatic heterocycles. The van der Waals surface area contributed by atoms with Gasteiger partial charge in [0.05, 0.1) is 32.1 Å². The molecule has 174 valence electrons. The number of urea groups is 1. The molecule has 0 saturated carbocycles. The summed E-state index contributed by atoms with van der Waals surface area (Å²) in [6.45, 7) is 5.94. The van der Waals surface area contributed by atoms with E-state index >= 15 is 0 Å². The van der Waals surface area contributed by atoms with E-state index in [1.807, 2.05) is 43.0 Å². The molecule has 0 aliphatic carbocycles. The van der Waals surface area contributed by atoms with E-state index in [9.17, 15) is 9.18 Å². The molecule has 32 heavy (non-hydrogen) atoms. The maximum Gasteiger partial charge on any atom is 0.315 e. The van der Waals surface area contributed by atoms with Crippen molar-refractivity contribution in [1.82, 2.24) is 10.6 Å². The fourth-order valence-corrected chi connectivity index (χ4v) is 3.92. The molecule has 7 nitrogen and oxygen atoms in total. The van der Waals surface area contributed by atoms with Gasteiger partial charge in [0.1, 0.15) is 17.3 Å². The van der Waals surface area contributed by atoms with Crippen molar-refractivity contribution in [2.75, 3.05) is 38.8 Å². The predicted octanol–water partition coefficient (Wildman–Crippen LogP) is 3.50. The Kier molecular flexibility index (Phi) is 8.16. The zero-order valence-electron chi connectivity index (χ0n) is 19.1. The maximum absolute atomic E-state index is 14.7. The van der Waals surface area contributed by atoms with E-state index in [1.54, 1.807) is 20.3 Å². The van der Waals surface area contributed by atoms with Gasteiger partial charge < -0.3 is 29.7 Å². The van der Waals surface area contributed by atoms with E-state index < -0.39 is 0 Å². The van der Waals surface area contributed by atoms with Crippen molar-refractivity contribution in [3.63, 3.8) is 0 Å².